The molecule has 2 unspecified atom stereocenters. The molecule has 1 aliphatic rings. The van der Waals surface area contributed by atoms with Gasteiger partial charge in [0, 0.05) is 23.3 Å². The molecule has 0 fully saturated rings. The lowest BCUT2D eigenvalue weighted by molar-refractivity contribution is 0.469. The number of fused-ring (bicyclic) bond motifs is 1. The minimum absolute atomic E-state index is 0.125. The summed E-state index contributed by atoms with van der Waals surface area (Å²) in [5, 5.41) is 0. The van der Waals surface area contributed by atoms with E-state index in [0.717, 1.165) is 24.8 Å². The fourth-order valence-corrected chi connectivity index (χ4v) is 2.83. The van der Waals surface area contributed by atoms with E-state index in [0.29, 0.717) is 0 Å². The molecule has 0 radical (unpaired) electrons. The third-order valence-corrected chi connectivity index (χ3v) is 4.09. The largest absolute Gasteiger partial charge is 0.324 e. The highest BCUT2D eigenvalue weighted by molar-refractivity contribution is 5.30. The molecule has 0 aromatic carbocycles. The van der Waals surface area contributed by atoms with Gasteiger partial charge in [0.2, 0.25) is 0 Å². The van der Waals surface area contributed by atoms with Gasteiger partial charge in [-0.05, 0) is 57.6 Å². The zero-order valence-electron chi connectivity index (χ0n) is 11.7. The molecule has 1 aliphatic carbocycles. The predicted octanol–water partition coefficient (Wildman–Crippen LogP) is 2.72. The normalized spacial score (nSPS) is 18.2. The lowest BCUT2D eigenvalue weighted by atomic mass is 9.92. The van der Waals surface area contributed by atoms with E-state index in [-0.39, 0.29) is 17.6 Å². The number of rotatable bonds is 3. The van der Waals surface area contributed by atoms with Crippen molar-refractivity contribution in [1.82, 2.24) is 4.57 Å². The van der Waals surface area contributed by atoms with Gasteiger partial charge >= 0.3 is 0 Å². The minimum Gasteiger partial charge on any atom is -0.324 e. The zero-order chi connectivity index (χ0) is 13.3. The molecule has 18 heavy (non-hydrogen) atoms. The second-order valence-electron chi connectivity index (χ2n) is 5.50. The Morgan fingerprint density at radius 2 is 2.00 bits per heavy atom. The zero-order valence-corrected chi connectivity index (χ0v) is 11.7. The first-order chi connectivity index (χ1) is 8.56. The summed E-state index contributed by atoms with van der Waals surface area (Å²) >= 11 is 0. The highest BCUT2D eigenvalue weighted by atomic mass is 16.1. The van der Waals surface area contributed by atoms with Crippen molar-refractivity contribution in [2.24, 2.45) is 5.73 Å². The topological polar surface area (TPSA) is 48.0 Å². The number of pyridine rings is 1. The Morgan fingerprint density at radius 1 is 1.33 bits per heavy atom. The number of nitrogens with zero attached hydrogens (tertiary/aromatic N) is 1. The molecule has 0 saturated heterocycles. The lowest BCUT2D eigenvalue weighted by Crippen LogP contribution is -2.33. The van der Waals surface area contributed by atoms with Crippen molar-refractivity contribution in [2.45, 2.75) is 65.0 Å². The first-order valence-corrected chi connectivity index (χ1v) is 7.09. The van der Waals surface area contributed by atoms with Crippen LogP contribution >= 0.6 is 0 Å². The molecule has 1 heterocycles. The Labute approximate surface area is 109 Å². The van der Waals surface area contributed by atoms with Gasteiger partial charge in [0.05, 0.1) is 0 Å². The maximum absolute atomic E-state index is 12.6. The SMILES string of the molecule is CCC(C)n1c2c(cc(C(C)N)c1=O)CCCC2. The average Bonchev–Trinajstić information content (AvgIpc) is 2.37. The standard InChI is InChI=1S/C15H24N2O/c1-4-10(2)17-14-8-6-5-7-12(14)9-13(11(3)16)15(17)18/h9-11H,4-8,16H2,1-3H3. The molecule has 0 amide bonds. The molecule has 1 aromatic rings. The van der Waals surface area contributed by atoms with Crippen molar-refractivity contribution in [3.63, 3.8) is 0 Å². The molecule has 2 N–H and O–H groups in total. The summed E-state index contributed by atoms with van der Waals surface area (Å²) in [6, 6.07) is 2.14. The Hall–Kier alpha value is -1.09. The minimum atomic E-state index is -0.181. The van der Waals surface area contributed by atoms with Crippen molar-refractivity contribution >= 4 is 0 Å². The summed E-state index contributed by atoms with van der Waals surface area (Å²) in [7, 11) is 0. The van der Waals surface area contributed by atoms with Gasteiger partial charge in [-0.3, -0.25) is 4.79 Å². The van der Waals surface area contributed by atoms with Crippen LogP contribution in [0, 0.1) is 0 Å². The first kappa shape index (κ1) is 13.3. The molecule has 0 aliphatic heterocycles. The second kappa shape index (κ2) is 5.27. The van der Waals surface area contributed by atoms with Crippen LogP contribution < -0.4 is 11.3 Å². The van der Waals surface area contributed by atoms with Crippen LogP contribution in [0.3, 0.4) is 0 Å². The maximum Gasteiger partial charge on any atom is 0.255 e. The third kappa shape index (κ3) is 2.24. The van der Waals surface area contributed by atoms with Crippen LogP contribution in [0.25, 0.3) is 0 Å². The monoisotopic (exact) mass is 248 g/mol. The van der Waals surface area contributed by atoms with E-state index in [1.807, 2.05) is 11.5 Å². The van der Waals surface area contributed by atoms with E-state index in [2.05, 4.69) is 19.9 Å². The summed E-state index contributed by atoms with van der Waals surface area (Å²) in [4.78, 5) is 12.6. The number of aryl methyl sites for hydroxylation is 1. The first-order valence-electron chi connectivity index (χ1n) is 7.09. The van der Waals surface area contributed by atoms with E-state index in [1.54, 1.807) is 0 Å². The van der Waals surface area contributed by atoms with Gasteiger partial charge in [-0.1, -0.05) is 6.92 Å². The Bertz CT molecular complexity index is 488. The summed E-state index contributed by atoms with van der Waals surface area (Å²) in [6.07, 6.45) is 5.53. The highest BCUT2D eigenvalue weighted by Gasteiger charge is 2.21. The smallest absolute Gasteiger partial charge is 0.255 e. The Morgan fingerprint density at radius 3 is 2.61 bits per heavy atom. The van der Waals surface area contributed by atoms with Gasteiger partial charge in [0.1, 0.15) is 0 Å². The van der Waals surface area contributed by atoms with Gasteiger partial charge in [0.25, 0.3) is 5.56 Å². The summed E-state index contributed by atoms with van der Waals surface area (Å²) < 4.78 is 2.01. The summed E-state index contributed by atoms with van der Waals surface area (Å²) in [6.45, 7) is 6.15. The Balaban J connectivity index is 2.67. The molecule has 0 spiro atoms. The molecule has 3 heteroatoms. The molecule has 3 nitrogen and oxygen atoms in total. The molecular formula is C15H24N2O. The van der Waals surface area contributed by atoms with E-state index in [9.17, 15) is 4.79 Å². The number of nitrogens with two attached hydrogens (primary N) is 1. The maximum atomic E-state index is 12.6. The Kier molecular flexibility index (Phi) is 3.91. The van der Waals surface area contributed by atoms with Gasteiger partial charge in [-0.2, -0.15) is 0 Å². The van der Waals surface area contributed by atoms with Gasteiger partial charge < -0.3 is 10.3 Å². The van der Waals surface area contributed by atoms with Crippen molar-refractivity contribution < 1.29 is 0 Å². The van der Waals surface area contributed by atoms with E-state index >= 15 is 0 Å². The summed E-state index contributed by atoms with van der Waals surface area (Å²) in [5.74, 6) is 0. The number of aromatic nitrogens is 1. The van der Waals surface area contributed by atoms with Crippen molar-refractivity contribution in [3.05, 3.63) is 33.2 Å². The van der Waals surface area contributed by atoms with Crippen LogP contribution in [0.1, 0.15) is 68.9 Å². The molecular weight excluding hydrogens is 224 g/mol. The van der Waals surface area contributed by atoms with Crippen molar-refractivity contribution in [1.29, 1.82) is 0 Å². The molecule has 2 atom stereocenters. The number of hydrogen-bond donors (Lipinski definition) is 1. The van der Waals surface area contributed by atoms with Crippen LogP contribution in [0.15, 0.2) is 10.9 Å². The van der Waals surface area contributed by atoms with Crippen LogP contribution in [0.2, 0.25) is 0 Å². The van der Waals surface area contributed by atoms with Gasteiger partial charge in [0.15, 0.2) is 0 Å². The molecule has 1 aromatic heterocycles. The second-order valence-corrected chi connectivity index (χ2v) is 5.50. The van der Waals surface area contributed by atoms with Crippen LogP contribution in [-0.2, 0) is 12.8 Å². The van der Waals surface area contributed by atoms with Gasteiger partial charge in [-0.15, -0.1) is 0 Å². The predicted molar refractivity (Wildman–Crippen MR) is 74.9 cm³/mol. The van der Waals surface area contributed by atoms with Crippen LogP contribution in [-0.4, -0.2) is 4.57 Å². The molecule has 100 valence electrons. The van der Waals surface area contributed by atoms with Crippen LogP contribution in [0.4, 0.5) is 0 Å². The van der Waals surface area contributed by atoms with Crippen molar-refractivity contribution in [3.8, 4) is 0 Å². The molecule has 0 saturated carbocycles. The quantitative estimate of drug-likeness (QED) is 0.894. The summed E-state index contributed by atoms with van der Waals surface area (Å²) in [5.41, 5.74) is 9.44. The average molecular weight is 248 g/mol. The fraction of sp³-hybridized carbons (Fsp3) is 0.667. The lowest BCUT2D eigenvalue weighted by Gasteiger charge is -2.26. The van der Waals surface area contributed by atoms with Crippen LogP contribution in [0.5, 0.6) is 0 Å². The highest BCUT2D eigenvalue weighted by Crippen LogP contribution is 2.25. The van der Waals surface area contributed by atoms with E-state index in [1.165, 1.54) is 24.1 Å². The molecule has 2 rings (SSSR count). The third-order valence-electron chi connectivity index (χ3n) is 4.09. The van der Waals surface area contributed by atoms with E-state index < -0.39 is 0 Å². The molecule has 0 bridgehead atoms. The van der Waals surface area contributed by atoms with Gasteiger partial charge in [-0.25, -0.2) is 0 Å². The number of hydrogen-bond acceptors (Lipinski definition) is 2. The van der Waals surface area contributed by atoms with Crippen molar-refractivity contribution in [2.75, 3.05) is 0 Å². The fourth-order valence-electron chi connectivity index (χ4n) is 2.83. The van der Waals surface area contributed by atoms with E-state index in [4.69, 9.17) is 5.73 Å².